The van der Waals surface area contributed by atoms with Crippen LogP contribution in [-0.2, 0) is 0 Å². The molecular weight excluding hydrogens is 268 g/mol. The van der Waals surface area contributed by atoms with Crippen molar-refractivity contribution in [1.82, 2.24) is 9.78 Å². The van der Waals surface area contributed by atoms with Gasteiger partial charge in [0.2, 0.25) is 0 Å². The van der Waals surface area contributed by atoms with E-state index in [1.54, 1.807) is 23.1 Å². The molecule has 5 nitrogen and oxygen atoms in total. The lowest BCUT2D eigenvalue weighted by Gasteiger charge is -2.05. The summed E-state index contributed by atoms with van der Waals surface area (Å²) in [4.78, 5) is 10.8. The predicted octanol–water partition coefficient (Wildman–Crippen LogP) is 3.61. The standard InChI is InChI=1S/C13H13ClN2O3/c1-8(2)16-7-10(6-15-16)19-9-3-4-11(13(17)18)12(14)5-9/h3-8H,1-2H3,(H,17,18). The van der Waals surface area contributed by atoms with Crippen LogP contribution >= 0.6 is 11.6 Å². The number of ether oxygens (including phenoxy) is 1. The van der Waals surface area contributed by atoms with Crippen molar-refractivity contribution in [1.29, 1.82) is 0 Å². The third kappa shape index (κ3) is 3.06. The summed E-state index contributed by atoms with van der Waals surface area (Å²) in [5, 5.41) is 13.2. The number of nitrogens with zero attached hydrogens (tertiary/aromatic N) is 2. The number of aromatic nitrogens is 2. The summed E-state index contributed by atoms with van der Waals surface area (Å²) in [5.41, 5.74) is 0.0480. The molecule has 0 amide bonds. The number of carboxylic acids is 1. The van der Waals surface area contributed by atoms with Gasteiger partial charge in [-0.25, -0.2) is 4.79 Å². The molecule has 6 heteroatoms. The number of benzene rings is 1. The number of aromatic carboxylic acids is 1. The zero-order valence-electron chi connectivity index (χ0n) is 10.5. The highest BCUT2D eigenvalue weighted by molar-refractivity contribution is 6.33. The van der Waals surface area contributed by atoms with E-state index in [4.69, 9.17) is 21.4 Å². The van der Waals surface area contributed by atoms with Crippen LogP contribution in [0.4, 0.5) is 0 Å². The molecule has 1 aromatic carbocycles. The molecule has 0 bridgehead atoms. The molecule has 0 aliphatic heterocycles. The Labute approximate surface area is 115 Å². The van der Waals surface area contributed by atoms with E-state index in [9.17, 15) is 4.79 Å². The third-order valence-electron chi connectivity index (χ3n) is 2.51. The minimum absolute atomic E-state index is 0.0480. The SMILES string of the molecule is CC(C)n1cc(Oc2ccc(C(=O)O)c(Cl)c2)cn1. The summed E-state index contributed by atoms with van der Waals surface area (Å²) in [5.74, 6) is -0.0182. The number of rotatable bonds is 4. The first kappa shape index (κ1) is 13.4. The lowest BCUT2D eigenvalue weighted by atomic mass is 10.2. The van der Waals surface area contributed by atoms with E-state index >= 15 is 0 Å². The normalized spacial score (nSPS) is 10.7. The van der Waals surface area contributed by atoms with Crippen LogP contribution in [0.3, 0.4) is 0 Å². The van der Waals surface area contributed by atoms with E-state index in [1.165, 1.54) is 12.1 Å². The molecule has 1 N–H and O–H groups in total. The maximum absolute atomic E-state index is 10.8. The van der Waals surface area contributed by atoms with Crippen molar-refractivity contribution in [2.45, 2.75) is 19.9 Å². The Kier molecular flexibility index (Phi) is 3.76. The van der Waals surface area contributed by atoms with Crippen molar-refractivity contribution in [2.75, 3.05) is 0 Å². The van der Waals surface area contributed by atoms with Crippen molar-refractivity contribution in [3.63, 3.8) is 0 Å². The fourth-order valence-electron chi connectivity index (χ4n) is 1.52. The van der Waals surface area contributed by atoms with E-state index in [0.717, 1.165) is 0 Å². The second-order valence-electron chi connectivity index (χ2n) is 4.30. The number of hydrogen-bond donors (Lipinski definition) is 1. The Morgan fingerprint density at radius 1 is 1.42 bits per heavy atom. The molecule has 0 atom stereocenters. The molecule has 0 saturated carbocycles. The van der Waals surface area contributed by atoms with Crippen LogP contribution in [-0.4, -0.2) is 20.9 Å². The van der Waals surface area contributed by atoms with E-state index < -0.39 is 5.97 Å². The molecule has 2 rings (SSSR count). The molecule has 100 valence electrons. The fourth-order valence-corrected chi connectivity index (χ4v) is 1.78. The van der Waals surface area contributed by atoms with Gasteiger partial charge in [-0.3, -0.25) is 4.68 Å². The minimum atomic E-state index is -1.07. The number of carbonyl (C=O) groups is 1. The molecule has 2 aromatic rings. The molecule has 0 unspecified atom stereocenters. The number of carboxylic acid groups (broad SMARTS) is 1. The van der Waals surface area contributed by atoms with Crippen LogP contribution in [0.25, 0.3) is 0 Å². The van der Waals surface area contributed by atoms with Gasteiger partial charge in [0.1, 0.15) is 5.75 Å². The van der Waals surface area contributed by atoms with Gasteiger partial charge in [-0.2, -0.15) is 5.10 Å². The molecule has 0 saturated heterocycles. The molecule has 19 heavy (non-hydrogen) atoms. The van der Waals surface area contributed by atoms with E-state index in [1.807, 2.05) is 13.8 Å². The van der Waals surface area contributed by atoms with Gasteiger partial charge in [-0.1, -0.05) is 11.6 Å². The van der Waals surface area contributed by atoms with Crippen molar-refractivity contribution in [2.24, 2.45) is 0 Å². The van der Waals surface area contributed by atoms with Gasteiger partial charge in [-0.15, -0.1) is 0 Å². The summed E-state index contributed by atoms with van der Waals surface area (Å²) in [6.07, 6.45) is 3.36. The first-order valence-electron chi connectivity index (χ1n) is 5.72. The van der Waals surface area contributed by atoms with Gasteiger partial charge >= 0.3 is 5.97 Å². The molecule has 0 radical (unpaired) electrons. The highest BCUT2D eigenvalue weighted by atomic mass is 35.5. The topological polar surface area (TPSA) is 64.3 Å². The van der Waals surface area contributed by atoms with Crippen LogP contribution in [0.5, 0.6) is 11.5 Å². The number of hydrogen-bond acceptors (Lipinski definition) is 3. The van der Waals surface area contributed by atoms with Crippen LogP contribution in [0.2, 0.25) is 5.02 Å². The molecule has 0 fully saturated rings. The average molecular weight is 281 g/mol. The second kappa shape index (κ2) is 5.32. The maximum atomic E-state index is 10.8. The van der Waals surface area contributed by atoms with Crippen molar-refractivity contribution in [3.8, 4) is 11.5 Å². The van der Waals surface area contributed by atoms with Gasteiger partial charge in [-0.05, 0) is 26.0 Å². The molecular formula is C13H13ClN2O3. The van der Waals surface area contributed by atoms with Gasteiger partial charge < -0.3 is 9.84 Å². The first-order chi connectivity index (χ1) is 8.97. The summed E-state index contributed by atoms with van der Waals surface area (Å²) in [6, 6.07) is 4.68. The largest absolute Gasteiger partial charge is 0.478 e. The van der Waals surface area contributed by atoms with Gasteiger partial charge in [0.15, 0.2) is 5.75 Å². The molecule has 0 spiro atoms. The zero-order chi connectivity index (χ0) is 14.0. The average Bonchev–Trinajstić information content (AvgIpc) is 2.77. The Balaban J connectivity index is 2.19. The monoisotopic (exact) mass is 280 g/mol. The molecule has 0 aliphatic carbocycles. The third-order valence-corrected chi connectivity index (χ3v) is 2.83. The lowest BCUT2D eigenvalue weighted by molar-refractivity contribution is 0.0697. The van der Waals surface area contributed by atoms with Gasteiger partial charge in [0, 0.05) is 12.1 Å². The molecule has 1 heterocycles. The smallest absolute Gasteiger partial charge is 0.337 e. The maximum Gasteiger partial charge on any atom is 0.337 e. The van der Waals surface area contributed by atoms with Gasteiger partial charge in [0.05, 0.1) is 23.0 Å². The Bertz CT molecular complexity index is 608. The van der Waals surface area contributed by atoms with E-state index in [-0.39, 0.29) is 16.6 Å². The van der Waals surface area contributed by atoms with Crippen molar-refractivity contribution in [3.05, 3.63) is 41.2 Å². The fraction of sp³-hybridized carbons (Fsp3) is 0.231. The quantitative estimate of drug-likeness (QED) is 0.929. The van der Waals surface area contributed by atoms with Crippen molar-refractivity contribution >= 4 is 17.6 Å². The molecule has 1 aromatic heterocycles. The first-order valence-corrected chi connectivity index (χ1v) is 6.10. The van der Waals surface area contributed by atoms with Crippen LogP contribution in [0.15, 0.2) is 30.6 Å². The second-order valence-corrected chi connectivity index (χ2v) is 4.71. The molecule has 0 aliphatic rings. The van der Waals surface area contributed by atoms with Crippen LogP contribution in [0, 0.1) is 0 Å². The van der Waals surface area contributed by atoms with Gasteiger partial charge in [0.25, 0.3) is 0 Å². The van der Waals surface area contributed by atoms with E-state index in [0.29, 0.717) is 11.5 Å². The highest BCUT2D eigenvalue weighted by Gasteiger charge is 2.10. The van der Waals surface area contributed by atoms with E-state index in [2.05, 4.69) is 5.10 Å². The summed E-state index contributed by atoms with van der Waals surface area (Å²) < 4.78 is 7.33. The summed E-state index contributed by atoms with van der Waals surface area (Å²) in [6.45, 7) is 4.02. The summed E-state index contributed by atoms with van der Waals surface area (Å²) >= 11 is 5.86. The zero-order valence-corrected chi connectivity index (χ0v) is 11.3. The highest BCUT2D eigenvalue weighted by Crippen LogP contribution is 2.27. The predicted molar refractivity (Wildman–Crippen MR) is 71.1 cm³/mol. The lowest BCUT2D eigenvalue weighted by Crippen LogP contribution is -1.99. The summed E-state index contributed by atoms with van der Waals surface area (Å²) in [7, 11) is 0. The Morgan fingerprint density at radius 2 is 2.16 bits per heavy atom. The minimum Gasteiger partial charge on any atom is -0.478 e. The van der Waals surface area contributed by atoms with Crippen molar-refractivity contribution < 1.29 is 14.6 Å². The Morgan fingerprint density at radius 3 is 2.68 bits per heavy atom. The number of halogens is 1. The van der Waals surface area contributed by atoms with Crippen LogP contribution < -0.4 is 4.74 Å². The Hall–Kier alpha value is -2.01. The van der Waals surface area contributed by atoms with Crippen LogP contribution in [0.1, 0.15) is 30.2 Å².